The zero-order chi connectivity index (χ0) is 13.2. The fourth-order valence-electron chi connectivity index (χ4n) is 2.42. The summed E-state index contributed by atoms with van der Waals surface area (Å²) in [5, 5.41) is 1.09. The van der Waals surface area contributed by atoms with Crippen molar-refractivity contribution in [3.63, 3.8) is 0 Å². The van der Waals surface area contributed by atoms with Gasteiger partial charge in [-0.1, -0.05) is 26.2 Å². The highest BCUT2D eigenvalue weighted by molar-refractivity contribution is 7.32. The molecule has 0 nitrogen and oxygen atoms in total. The molecule has 0 aliphatic rings. The third kappa shape index (κ3) is 2.67. The molecule has 2 heterocycles. The lowest BCUT2D eigenvalue weighted by atomic mass is 10.1. The summed E-state index contributed by atoms with van der Waals surface area (Å²) in [6.07, 6.45) is 6.37. The summed E-state index contributed by atoms with van der Waals surface area (Å²) in [4.78, 5) is 1.45. The average Bonchev–Trinajstić information content (AvgIpc) is 2.92. The van der Waals surface area contributed by atoms with Crippen molar-refractivity contribution in [1.82, 2.24) is 0 Å². The zero-order valence-electron chi connectivity index (χ0n) is 11.0. The van der Waals surface area contributed by atoms with Crippen molar-refractivity contribution in [2.45, 2.75) is 39.0 Å². The predicted octanol–water partition coefficient (Wildman–Crippen LogP) is 6.38. The first-order chi connectivity index (χ1) is 9.28. The Morgan fingerprint density at radius 2 is 1.89 bits per heavy atom. The number of hydrogen-bond donors (Lipinski definition) is 0. The SMILES string of the molecule is CCCCCCc1cc2sc3ccc(F)cc3c2s1. The van der Waals surface area contributed by atoms with Crippen LogP contribution in [0.25, 0.3) is 19.5 Å². The molecule has 3 heteroatoms. The molecule has 0 atom stereocenters. The average molecular weight is 292 g/mol. The van der Waals surface area contributed by atoms with Crippen molar-refractivity contribution >= 4 is 42.2 Å². The van der Waals surface area contributed by atoms with Crippen molar-refractivity contribution in [2.24, 2.45) is 0 Å². The third-order valence-corrected chi connectivity index (χ3v) is 5.91. The number of fused-ring (bicyclic) bond motifs is 3. The summed E-state index contributed by atoms with van der Waals surface area (Å²) >= 11 is 3.62. The van der Waals surface area contributed by atoms with Crippen molar-refractivity contribution in [3.8, 4) is 0 Å². The smallest absolute Gasteiger partial charge is 0.123 e. The second-order valence-corrected chi connectivity index (χ2v) is 7.18. The number of thiophene rings is 2. The van der Waals surface area contributed by atoms with E-state index >= 15 is 0 Å². The van der Waals surface area contributed by atoms with Crippen molar-refractivity contribution < 1.29 is 4.39 Å². The van der Waals surface area contributed by atoms with E-state index in [1.54, 1.807) is 23.5 Å². The number of rotatable bonds is 5. The fraction of sp³-hybridized carbons (Fsp3) is 0.375. The van der Waals surface area contributed by atoms with Crippen molar-refractivity contribution in [3.05, 3.63) is 35.0 Å². The van der Waals surface area contributed by atoms with Gasteiger partial charge in [0.1, 0.15) is 5.82 Å². The van der Waals surface area contributed by atoms with Gasteiger partial charge in [-0.2, -0.15) is 0 Å². The minimum absolute atomic E-state index is 0.134. The maximum atomic E-state index is 13.3. The van der Waals surface area contributed by atoms with Crippen LogP contribution in [-0.2, 0) is 6.42 Å². The molecule has 0 radical (unpaired) electrons. The van der Waals surface area contributed by atoms with Gasteiger partial charge in [0.2, 0.25) is 0 Å². The first kappa shape index (κ1) is 13.1. The molecule has 3 aromatic rings. The van der Waals surface area contributed by atoms with E-state index in [2.05, 4.69) is 13.0 Å². The van der Waals surface area contributed by atoms with Crippen LogP contribution in [-0.4, -0.2) is 0 Å². The number of aryl methyl sites for hydroxylation is 1. The molecule has 100 valence electrons. The standard InChI is InChI=1S/C16H17FS2/c1-2-3-4-5-6-12-10-15-16(18-12)13-9-11(17)7-8-14(13)19-15/h7-10H,2-6H2,1H3. The molecule has 0 fully saturated rings. The van der Waals surface area contributed by atoms with E-state index in [1.807, 2.05) is 17.4 Å². The van der Waals surface area contributed by atoms with Gasteiger partial charge >= 0.3 is 0 Å². The highest BCUT2D eigenvalue weighted by atomic mass is 32.1. The first-order valence-corrected chi connectivity index (χ1v) is 8.51. The van der Waals surface area contributed by atoms with Crippen LogP contribution < -0.4 is 0 Å². The molecular formula is C16H17FS2. The Morgan fingerprint density at radius 3 is 2.74 bits per heavy atom. The van der Waals surface area contributed by atoms with Crippen molar-refractivity contribution in [1.29, 1.82) is 0 Å². The fourth-order valence-corrected chi connectivity index (χ4v) is 4.98. The number of unbranched alkanes of at least 4 members (excludes halogenated alkanes) is 3. The summed E-state index contributed by atoms with van der Waals surface area (Å²) < 4.78 is 17.1. The highest BCUT2D eigenvalue weighted by Crippen LogP contribution is 2.40. The topological polar surface area (TPSA) is 0 Å². The summed E-state index contributed by atoms with van der Waals surface area (Å²) in [5.74, 6) is -0.134. The van der Waals surface area contributed by atoms with E-state index in [0.717, 1.165) is 5.39 Å². The minimum atomic E-state index is -0.134. The van der Waals surface area contributed by atoms with Gasteiger partial charge in [0.25, 0.3) is 0 Å². The summed E-state index contributed by atoms with van der Waals surface area (Å²) in [6, 6.07) is 7.41. The summed E-state index contributed by atoms with van der Waals surface area (Å²) in [7, 11) is 0. The normalized spacial score (nSPS) is 11.7. The molecule has 0 saturated heterocycles. The molecule has 0 N–H and O–H groups in total. The Morgan fingerprint density at radius 1 is 1.00 bits per heavy atom. The molecule has 19 heavy (non-hydrogen) atoms. The quantitative estimate of drug-likeness (QED) is 0.479. The van der Waals surface area contributed by atoms with Crippen LogP contribution in [0.4, 0.5) is 4.39 Å². The van der Waals surface area contributed by atoms with Crippen LogP contribution in [0.3, 0.4) is 0 Å². The first-order valence-electron chi connectivity index (χ1n) is 6.88. The Balaban J connectivity index is 1.87. The van der Waals surface area contributed by atoms with Crippen LogP contribution in [0.2, 0.25) is 0 Å². The van der Waals surface area contributed by atoms with E-state index in [-0.39, 0.29) is 5.82 Å². The molecule has 0 spiro atoms. The molecule has 0 bridgehead atoms. The van der Waals surface area contributed by atoms with Crippen LogP contribution in [0, 0.1) is 5.82 Å². The summed E-state index contributed by atoms with van der Waals surface area (Å²) in [5.41, 5.74) is 0. The number of halogens is 1. The van der Waals surface area contributed by atoms with Gasteiger partial charge in [0.15, 0.2) is 0 Å². The van der Waals surface area contributed by atoms with Crippen LogP contribution in [0.5, 0.6) is 0 Å². The van der Waals surface area contributed by atoms with E-state index in [0.29, 0.717) is 0 Å². The highest BCUT2D eigenvalue weighted by Gasteiger charge is 2.10. The molecule has 3 rings (SSSR count). The molecule has 2 aromatic heterocycles. The van der Waals surface area contributed by atoms with E-state index in [9.17, 15) is 4.39 Å². The monoisotopic (exact) mass is 292 g/mol. The second kappa shape index (κ2) is 5.59. The Bertz CT molecular complexity index is 693. The maximum absolute atomic E-state index is 13.3. The van der Waals surface area contributed by atoms with E-state index in [4.69, 9.17) is 0 Å². The van der Waals surface area contributed by atoms with Gasteiger partial charge in [-0.05, 0) is 37.1 Å². The molecule has 1 aromatic carbocycles. The van der Waals surface area contributed by atoms with E-state index < -0.39 is 0 Å². The van der Waals surface area contributed by atoms with Gasteiger partial charge < -0.3 is 0 Å². The molecule has 0 saturated carbocycles. The van der Waals surface area contributed by atoms with Crippen molar-refractivity contribution in [2.75, 3.05) is 0 Å². The van der Waals surface area contributed by atoms with Crippen LogP contribution in [0.1, 0.15) is 37.5 Å². The lowest BCUT2D eigenvalue weighted by molar-refractivity contribution is 0.630. The van der Waals surface area contributed by atoms with E-state index in [1.165, 1.54) is 51.1 Å². The predicted molar refractivity (Wildman–Crippen MR) is 85.0 cm³/mol. The largest absolute Gasteiger partial charge is 0.207 e. The van der Waals surface area contributed by atoms with Crippen LogP contribution >= 0.6 is 22.7 Å². The Labute approximate surface area is 120 Å². The number of benzene rings is 1. The lowest BCUT2D eigenvalue weighted by Crippen LogP contribution is -1.80. The van der Waals surface area contributed by atoms with Gasteiger partial charge in [-0.25, -0.2) is 4.39 Å². The molecular weight excluding hydrogens is 275 g/mol. The second-order valence-electron chi connectivity index (χ2n) is 4.96. The van der Waals surface area contributed by atoms with Gasteiger partial charge in [-0.3, -0.25) is 0 Å². The van der Waals surface area contributed by atoms with Crippen LogP contribution in [0.15, 0.2) is 24.3 Å². The zero-order valence-corrected chi connectivity index (χ0v) is 12.7. The summed E-state index contributed by atoms with van der Waals surface area (Å²) in [6.45, 7) is 2.24. The van der Waals surface area contributed by atoms with Gasteiger partial charge in [0.05, 0.1) is 4.70 Å². The molecule has 0 amide bonds. The lowest BCUT2D eigenvalue weighted by Gasteiger charge is -1.96. The molecule has 0 unspecified atom stereocenters. The minimum Gasteiger partial charge on any atom is -0.207 e. The molecule has 0 aliphatic carbocycles. The van der Waals surface area contributed by atoms with Gasteiger partial charge in [0, 0.05) is 19.7 Å². The Kier molecular flexibility index (Phi) is 3.85. The maximum Gasteiger partial charge on any atom is 0.123 e. The number of hydrogen-bond acceptors (Lipinski definition) is 2. The third-order valence-electron chi connectivity index (χ3n) is 3.43. The molecule has 0 aliphatic heterocycles. The van der Waals surface area contributed by atoms with Gasteiger partial charge in [-0.15, -0.1) is 22.7 Å². The Hall–Kier alpha value is -0.930.